The first-order valence-corrected chi connectivity index (χ1v) is 54.3. The number of nitrogens with two attached hydrogens (primary N) is 6. The lowest BCUT2D eigenvalue weighted by Crippen LogP contribution is -2.57. The fraction of sp³-hybridized carbons (Fsp3) is 0.866. The number of amides is 10. The van der Waals surface area contributed by atoms with E-state index < -0.39 is 171 Å². The van der Waals surface area contributed by atoms with Gasteiger partial charge in [0.15, 0.2) is 17.3 Å². The van der Waals surface area contributed by atoms with Crippen LogP contribution in [-0.2, 0) is 71.8 Å². The van der Waals surface area contributed by atoms with Gasteiger partial charge in [-0.15, -0.1) is 12.4 Å². The molecule has 0 bridgehead atoms. The van der Waals surface area contributed by atoms with Crippen LogP contribution in [0.1, 0.15) is 387 Å². The van der Waals surface area contributed by atoms with Crippen molar-refractivity contribution >= 4 is 101 Å². The van der Waals surface area contributed by atoms with Crippen LogP contribution in [0.3, 0.4) is 0 Å². The Morgan fingerprint density at radius 1 is 0.354 bits per heavy atom. The van der Waals surface area contributed by atoms with Crippen molar-refractivity contribution in [2.45, 2.75) is 471 Å². The fourth-order valence-electron chi connectivity index (χ4n) is 24.3. The zero-order chi connectivity index (χ0) is 111. The van der Waals surface area contributed by atoms with E-state index in [-0.39, 0.29) is 134 Å². The number of likely N-dealkylation sites (tertiary alicyclic amines) is 4. The Labute approximate surface area is 882 Å². The number of hydrogen-bond donors (Lipinski definition) is 13. The molecule has 35 heteroatoms. The highest BCUT2D eigenvalue weighted by molar-refractivity contribution is 5.97. The molecule has 12 fully saturated rings. The predicted molar refractivity (Wildman–Crippen MR) is 564 cm³/mol. The highest BCUT2D eigenvalue weighted by atomic mass is 35.5. The Hall–Kier alpha value is -7.50. The molecule has 8 saturated carbocycles. The summed E-state index contributed by atoms with van der Waals surface area (Å²) in [5.41, 5.74) is 29.1. The molecule has 10 amide bonds. The van der Waals surface area contributed by atoms with Crippen LogP contribution < -0.4 is 45.0 Å². The van der Waals surface area contributed by atoms with Crippen LogP contribution in [-0.4, -0.2) is 244 Å². The molecule has 34 nitrogen and oxygen atoms in total. The second-order valence-electron chi connectivity index (χ2n) is 57.1. The van der Waals surface area contributed by atoms with Crippen molar-refractivity contribution in [1.29, 1.82) is 0 Å². The zero-order valence-electron chi connectivity index (χ0n) is 94.7. The lowest BCUT2D eigenvalue weighted by Gasteiger charge is -2.36. The van der Waals surface area contributed by atoms with Gasteiger partial charge < -0.3 is 99.6 Å². The molecule has 12 rings (SSSR count). The van der Waals surface area contributed by atoms with Crippen molar-refractivity contribution < 1.29 is 107 Å². The average molecular weight is 2100 g/mol. The highest BCUT2D eigenvalue weighted by Gasteiger charge is 2.72. The Morgan fingerprint density at radius 3 is 0.823 bits per heavy atom. The SMILES string of the molecule is CC(C)(C)CC(=O)C[C@H](C(=O)N1CC2(C[C@H]1C(=O)CC(CC1CCC1)C(O)C(N)=O)CC2(C)C)C(C)(C)C.CC(C)(C)OC(=O)N[C@H](C(=O)N1CC2(C[C@H]1C(=O)CC(CC1CCC1)C(O)C(N)=O)CC2(C)C)C(C)(C)C.CC(C)(C)OC(=O)N[C@H](C(=O)N1CC2(C[C@H]1C(=O)O)CC2(C)C)C(C)(C)C.CC(C)(C)[C@H](N)C(=O)N1CC2(C[C@H]1C(=O)CC(CC1CCC1)C(O)C(N)=O)CC2(C)C.Cl.NC(=O)C(O)C(N)CC1CCC1. The Kier molecular flexibility index (Phi) is 40.3. The standard InChI is InChI=1S/C31H52N2O5.C29H49N3O6.C24H41N3O4.C20H34N2O5.C8H16N2O2.ClH/c1-28(2,3)15-21(34)14-22(29(4,5)6)27(38)33-18-31(17-30(31,7)8)16-23(33)24(35)13-20(25(36)26(32)37)12-19-10-9-11-19;1-26(2,3)22(31-25(37)38-27(4,5)6)24(36)32-16-29(15-28(29,7)8)14-19(32)20(33)13-18(21(34)23(30)35)12-17-10-9-11-17;1-22(2,3)19(25)21(31)27-13-24(12-23(24,4)5)11-16(27)17(28)10-15(18(29)20(26)30)9-14-7-6-8-14;1-17(2,3)13(21-16(26)27-18(4,5)6)14(23)22-11-20(10-19(20,7)8)9-12(22)15(24)25;9-6(7(11)8(10)12)4-5-2-1-3-5;/h19-20,22-23,25,36H,9-18H2,1-8H3,(H2,32,37);17-19,21-22,34H,9-16H2,1-8H3,(H2,30,35)(H,31,37);14-16,18-19,29H,6-13,25H2,1-5H3,(H2,26,30);12-13H,9-11H2,1-8H3,(H,21,26)(H,24,25);5-7,11H,1-4,9H2,(H2,10,12);1H/t20?,22-,23+,25?,31?;18?,19-,21?,22+,29?;15?,16-,18?,19+,24?;12-,13+,20?;;/m1000../s1. The largest absolute Gasteiger partial charge is 0.480 e. The topological polar surface area (TPSA) is 569 Å². The summed E-state index contributed by atoms with van der Waals surface area (Å²) in [4.78, 5) is 198. The number of halogens is 1. The summed E-state index contributed by atoms with van der Waals surface area (Å²) in [7, 11) is 0. The third kappa shape index (κ3) is 32.1. The summed E-state index contributed by atoms with van der Waals surface area (Å²) in [5.74, 6) is -5.69. The molecule has 8 aliphatic carbocycles. The van der Waals surface area contributed by atoms with Crippen molar-refractivity contribution in [3.8, 4) is 0 Å². The first-order chi connectivity index (χ1) is 66.3. The molecule has 12 aliphatic rings. The van der Waals surface area contributed by atoms with Crippen LogP contribution in [0.25, 0.3) is 0 Å². The van der Waals surface area contributed by atoms with E-state index in [1.165, 1.54) is 24.2 Å². The minimum Gasteiger partial charge on any atom is -0.480 e. The summed E-state index contributed by atoms with van der Waals surface area (Å²) in [6, 6.07) is -5.63. The van der Waals surface area contributed by atoms with Crippen molar-refractivity contribution in [2.75, 3.05) is 26.2 Å². The third-order valence-electron chi connectivity index (χ3n) is 35.6. The van der Waals surface area contributed by atoms with Gasteiger partial charge in [0.2, 0.25) is 47.3 Å². The smallest absolute Gasteiger partial charge is 0.408 e. The number of aliphatic hydroxyl groups excluding tert-OH is 4. The minimum atomic E-state index is -1.40. The molecule has 840 valence electrons. The quantitative estimate of drug-likeness (QED) is 0.0280. The molecule has 0 aromatic carbocycles. The van der Waals surface area contributed by atoms with Gasteiger partial charge in [-0.25, -0.2) is 14.4 Å². The van der Waals surface area contributed by atoms with E-state index in [9.17, 15) is 92.3 Å². The number of nitrogens with one attached hydrogen (secondary N) is 2. The maximum absolute atomic E-state index is 14.2. The molecule has 147 heavy (non-hydrogen) atoms. The summed E-state index contributed by atoms with van der Waals surface area (Å²) in [5, 5.41) is 55.8. The Morgan fingerprint density at radius 2 is 0.605 bits per heavy atom. The Balaban J connectivity index is 0.000000256. The maximum Gasteiger partial charge on any atom is 0.408 e. The van der Waals surface area contributed by atoms with Crippen molar-refractivity contribution in [3.63, 3.8) is 0 Å². The molecule has 20 atom stereocenters. The van der Waals surface area contributed by atoms with E-state index in [1.54, 1.807) is 56.2 Å². The summed E-state index contributed by atoms with van der Waals surface area (Å²) < 4.78 is 10.7. The van der Waals surface area contributed by atoms with E-state index in [1.807, 2.05) is 104 Å². The van der Waals surface area contributed by atoms with Crippen LogP contribution in [0, 0.1) is 118 Å². The molecule has 0 radical (unpaired) electrons. The van der Waals surface area contributed by atoms with E-state index in [0.717, 1.165) is 83.5 Å². The number of rotatable bonds is 35. The monoisotopic (exact) mass is 2090 g/mol. The lowest BCUT2D eigenvalue weighted by molar-refractivity contribution is -0.150. The molecule has 19 N–H and O–H groups in total. The number of aliphatic hydroxyl groups is 4. The van der Waals surface area contributed by atoms with E-state index >= 15 is 0 Å². The fourth-order valence-corrected chi connectivity index (χ4v) is 24.3. The average Bonchev–Trinajstić information content (AvgIpc) is 1.54. The molecule has 0 aromatic rings. The minimum absolute atomic E-state index is 0. The number of ketones is 4. The zero-order valence-corrected chi connectivity index (χ0v) is 95.5. The van der Waals surface area contributed by atoms with Gasteiger partial charge >= 0.3 is 18.2 Å². The van der Waals surface area contributed by atoms with Crippen LogP contribution in [0.4, 0.5) is 9.59 Å². The molecule has 12 unspecified atom stereocenters. The van der Waals surface area contributed by atoms with E-state index in [4.69, 9.17) is 49.0 Å². The van der Waals surface area contributed by atoms with Crippen LogP contribution >= 0.6 is 12.4 Å². The predicted octanol–water partition coefficient (Wildman–Crippen LogP) is 13.0. The van der Waals surface area contributed by atoms with Gasteiger partial charge in [0.25, 0.3) is 0 Å². The van der Waals surface area contributed by atoms with Crippen LogP contribution in [0.5, 0.6) is 0 Å². The van der Waals surface area contributed by atoms with Crippen molar-refractivity contribution in [3.05, 3.63) is 0 Å². The van der Waals surface area contributed by atoms with Gasteiger partial charge in [0.05, 0.1) is 24.2 Å². The van der Waals surface area contributed by atoms with Gasteiger partial charge in [-0.05, 0) is 213 Å². The van der Waals surface area contributed by atoms with Crippen LogP contribution in [0.15, 0.2) is 0 Å². The number of hydrogen-bond acceptors (Lipinski definition) is 23. The lowest BCUT2D eigenvalue weighted by atomic mass is 9.74. The molecule has 4 heterocycles. The number of carboxylic acids is 1. The number of carboxylic acid groups (broad SMARTS) is 1. The summed E-state index contributed by atoms with van der Waals surface area (Å²) >= 11 is 0. The number of carbonyl (C=O) groups is 15. The number of alkyl carbamates (subject to hydrolysis) is 2. The number of ether oxygens (including phenoxy) is 2. The van der Waals surface area contributed by atoms with Crippen LogP contribution in [0.2, 0.25) is 0 Å². The maximum atomic E-state index is 14.2. The molecule has 4 saturated heterocycles. The van der Waals surface area contributed by atoms with Gasteiger partial charge in [-0.2, -0.15) is 0 Å². The number of aliphatic carboxylic acids is 1. The third-order valence-corrected chi connectivity index (χ3v) is 35.6. The second kappa shape index (κ2) is 46.8. The summed E-state index contributed by atoms with van der Waals surface area (Å²) in [6.07, 6.45) is 15.7. The number of Topliss-reactive ketones (excluding diaryl/α,β-unsaturated/α-hetero) is 4. The van der Waals surface area contributed by atoms with Gasteiger partial charge in [-0.3, -0.25) is 57.5 Å². The van der Waals surface area contributed by atoms with Gasteiger partial charge in [0, 0.05) is 88.0 Å². The number of carbonyl (C=O) groups excluding carboxylic acids is 14. The molecule has 0 aromatic heterocycles. The van der Waals surface area contributed by atoms with E-state index in [0.29, 0.717) is 108 Å². The number of nitrogens with zero attached hydrogens (tertiary/aromatic N) is 4. The van der Waals surface area contributed by atoms with E-state index in [2.05, 4.69) is 66.0 Å². The molecule has 4 aliphatic heterocycles. The highest BCUT2D eigenvalue weighted by Crippen LogP contribution is 2.72. The normalized spacial score (nSPS) is 27.6. The first-order valence-electron chi connectivity index (χ1n) is 54.3. The second-order valence-corrected chi connectivity index (χ2v) is 57.1. The van der Waals surface area contributed by atoms with Crippen molar-refractivity contribution in [1.82, 2.24) is 30.2 Å². The Bertz CT molecular complexity index is 4570. The summed E-state index contributed by atoms with van der Waals surface area (Å²) in [6.45, 7) is 58.7. The van der Waals surface area contributed by atoms with Crippen molar-refractivity contribution in [2.24, 2.45) is 152 Å². The number of primary amides is 4. The molecular formula is C112H193ClN12O22. The van der Waals surface area contributed by atoms with Gasteiger partial charge in [-0.1, -0.05) is 236 Å². The van der Waals surface area contributed by atoms with Gasteiger partial charge in [0.1, 0.15) is 59.5 Å². The molecule has 4 spiro atoms. The molecular weight excluding hydrogens is 1900 g/mol. The first kappa shape index (κ1) is 126.